The van der Waals surface area contributed by atoms with Gasteiger partial charge in [-0.15, -0.1) is 10.2 Å². The fourth-order valence-corrected chi connectivity index (χ4v) is 5.35. The van der Waals surface area contributed by atoms with Gasteiger partial charge < -0.3 is 11.5 Å². The Morgan fingerprint density at radius 2 is 1.20 bits per heavy atom. The summed E-state index contributed by atoms with van der Waals surface area (Å²) in [7, 11) is 0. The van der Waals surface area contributed by atoms with Crippen molar-refractivity contribution in [2.75, 3.05) is 10.9 Å². The SMILES string of the molecule is CC[n+]1c(-c2ccccc2)c2cc(NN=Nc3cccc(C(=N)N)c3)ccc2c2ccc(NN=Nc3cccc(C(=N)N)c3)cc21. The van der Waals surface area contributed by atoms with Gasteiger partial charge in [0.25, 0.3) is 0 Å². The number of rotatable bonds is 10. The van der Waals surface area contributed by atoms with E-state index in [0.29, 0.717) is 22.5 Å². The van der Waals surface area contributed by atoms with Crippen LogP contribution in [0.5, 0.6) is 0 Å². The molecule has 0 spiro atoms. The van der Waals surface area contributed by atoms with Crippen LogP contribution in [-0.2, 0) is 6.54 Å². The predicted molar refractivity (Wildman–Crippen MR) is 184 cm³/mol. The van der Waals surface area contributed by atoms with Gasteiger partial charge >= 0.3 is 0 Å². The minimum absolute atomic E-state index is 0.0196. The van der Waals surface area contributed by atoms with Gasteiger partial charge in [-0.3, -0.25) is 21.7 Å². The molecule has 0 radical (unpaired) electrons. The molecule has 0 saturated heterocycles. The molecule has 0 atom stereocenters. The van der Waals surface area contributed by atoms with E-state index in [1.54, 1.807) is 48.5 Å². The van der Waals surface area contributed by atoms with Crippen molar-refractivity contribution >= 4 is 56.1 Å². The quantitative estimate of drug-likeness (QED) is 0.0233. The third-order valence-electron chi connectivity index (χ3n) is 7.49. The topological polar surface area (TPSA) is 177 Å². The highest BCUT2D eigenvalue weighted by atomic mass is 15.4. The zero-order valence-corrected chi connectivity index (χ0v) is 25.1. The Morgan fingerprint density at radius 3 is 1.76 bits per heavy atom. The van der Waals surface area contributed by atoms with E-state index in [-0.39, 0.29) is 11.7 Å². The molecule has 11 nitrogen and oxygen atoms in total. The van der Waals surface area contributed by atoms with E-state index >= 15 is 0 Å². The van der Waals surface area contributed by atoms with Crippen LogP contribution in [-0.4, -0.2) is 11.7 Å². The standard InChI is InChI=1S/C35H31N11/c1-2-46-32-21-28(43-45-41-26-13-7-11-24(19-26)35(38)39)15-17-30(32)29-16-14-27(20-31(29)33(46)22-8-4-3-5-9-22)42-44-40-25-12-6-10-23(18-25)34(36)37/h3-21H,2H2,1H3,(H7,36,37,38,39,40,42)/p+1. The number of hydrogen-bond acceptors (Lipinski definition) is 6. The normalized spacial score (nSPS) is 11.4. The molecule has 0 bridgehead atoms. The summed E-state index contributed by atoms with van der Waals surface area (Å²) in [6, 6.07) is 36.7. The smallest absolute Gasteiger partial charge is 0.220 e. The summed E-state index contributed by atoms with van der Waals surface area (Å²) in [5, 5.41) is 35.5. The van der Waals surface area contributed by atoms with Crippen LogP contribution in [0.2, 0.25) is 0 Å². The lowest BCUT2D eigenvalue weighted by atomic mass is 9.98. The van der Waals surface area contributed by atoms with E-state index in [1.165, 1.54) is 0 Å². The summed E-state index contributed by atoms with van der Waals surface area (Å²) >= 11 is 0. The minimum Gasteiger partial charge on any atom is -0.384 e. The second-order valence-corrected chi connectivity index (χ2v) is 10.5. The number of nitrogens with two attached hydrogens (primary N) is 2. The highest BCUT2D eigenvalue weighted by molar-refractivity contribution is 6.10. The van der Waals surface area contributed by atoms with Crippen molar-refractivity contribution in [3.05, 3.63) is 126 Å². The minimum atomic E-state index is -0.0202. The molecule has 226 valence electrons. The van der Waals surface area contributed by atoms with Gasteiger partial charge in [-0.25, -0.2) is 0 Å². The van der Waals surface area contributed by atoms with Gasteiger partial charge in [-0.05, 0) is 67.6 Å². The summed E-state index contributed by atoms with van der Waals surface area (Å²) in [6.07, 6.45) is 0. The van der Waals surface area contributed by atoms with Gasteiger partial charge in [0.15, 0.2) is 0 Å². The summed E-state index contributed by atoms with van der Waals surface area (Å²) in [5.74, 6) is -0.0398. The Bertz CT molecular complexity index is 2150. The second-order valence-electron chi connectivity index (χ2n) is 10.5. The summed E-state index contributed by atoms with van der Waals surface area (Å²) in [6.45, 7) is 2.86. The molecule has 11 heteroatoms. The van der Waals surface area contributed by atoms with Gasteiger partial charge in [0, 0.05) is 28.1 Å². The monoisotopic (exact) mass is 606 g/mol. The molecule has 1 heterocycles. The second kappa shape index (κ2) is 13.0. The molecular formula is C35H32N11+. The van der Waals surface area contributed by atoms with Crippen LogP contribution < -0.4 is 26.9 Å². The van der Waals surface area contributed by atoms with Crippen LogP contribution in [0.3, 0.4) is 0 Å². The average Bonchev–Trinajstić information content (AvgIpc) is 3.08. The van der Waals surface area contributed by atoms with Gasteiger partial charge in [0.2, 0.25) is 11.2 Å². The van der Waals surface area contributed by atoms with Gasteiger partial charge in [0.05, 0.1) is 33.5 Å². The van der Waals surface area contributed by atoms with Crippen molar-refractivity contribution in [1.29, 1.82) is 10.8 Å². The lowest BCUT2D eigenvalue weighted by Gasteiger charge is -2.13. The number of nitrogen functional groups attached to an aromatic ring is 2. The average molecular weight is 607 g/mol. The van der Waals surface area contributed by atoms with Crippen molar-refractivity contribution in [1.82, 2.24) is 0 Å². The Hall–Kier alpha value is -6.49. The third kappa shape index (κ3) is 6.24. The van der Waals surface area contributed by atoms with Gasteiger partial charge in [0.1, 0.15) is 18.2 Å². The molecule has 0 amide bonds. The molecule has 0 fully saturated rings. The molecule has 1 aromatic heterocycles. The van der Waals surface area contributed by atoms with Crippen molar-refractivity contribution in [2.24, 2.45) is 32.1 Å². The first-order valence-electron chi connectivity index (χ1n) is 14.6. The summed E-state index contributed by atoms with van der Waals surface area (Å²) < 4.78 is 2.30. The molecule has 0 aliphatic rings. The first kappa shape index (κ1) is 29.6. The van der Waals surface area contributed by atoms with Crippen LogP contribution in [0.1, 0.15) is 18.1 Å². The summed E-state index contributed by atoms with van der Waals surface area (Å²) in [4.78, 5) is 0. The molecule has 5 aromatic carbocycles. The number of aromatic nitrogens is 1. The van der Waals surface area contributed by atoms with Gasteiger partial charge in [-0.2, -0.15) is 4.57 Å². The predicted octanol–water partition coefficient (Wildman–Crippen LogP) is 7.76. The molecule has 0 saturated carbocycles. The molecule has 0 aliphatic heterocycles. The van der Waals surface area contributed by atoms with E-state index < -0.39 is 0 Å². The Morgan fingerprint density at radius 1 is 0.630 bits per heavy atom. The number of amidine groups is 2. The van der Waals surface area contributed by atoms with E-state index in [9.17, 15) is 0 Å². The highest BCUT2D eigenvalue weighted by Gasteiger charge is 2.23. The van der Waals surface area contributed by atoms with E-state index in [0.717, 1.165) is 50.9 Å². The van der Waals surface area contributed by atoms with Crippen LogP contribution in [0, 0.1) is 10.8 Å². The maximum absolute atomic E-state index is 7.66. The fraction of sp³-hybridized carbons (Fsp3) is 0.0571. The van der Waals surface area contributed by atoms with Gasteiger partial charge in [-0.1, -0.05) is 59.0 Å². The molecule has 0 unspecified atom stereocenters. The number of fused-ring (bicyclic) bond motifs is 3. The van der Waals surface area contributed by atoms with E-state index in [4.69, 9.17) is 22.3 Å². The van der Waals surface area contributed by atoms with E-state index in [2.05, 4.69) is 79.4 Å². The van der Waals surface area contributed by atoms with Crippen LogP contribution in [0.25, 0.3) is 32.9 Å². The number of nitrogens with one attached hydrogen (secondary N) is 4. The Labute approximate surface area is 265 Å². The first-order chi connectivity index (χ1) is 22.4. The molecule has 8 N–H and O–H groups in total. The molecule has 6 aromatic rings. The zero-order valence-electron chi connectivity index (χ0n) is 25.1. The molecule has 46 heavy (non-hydrogen) atoms. The third-order valence-corrected chi connectivity index (χ3v) is 7.49. The van der Waals surface area contributed by atoms with Crippen LogP contribution >= 0.6 is 0 Å². The number of aryl methyl sites for hydroxylation is 1. The van der Waals surface area contributed by atoms with Crippen molar-refractivity contribution in [3.63, 3.8) is 0 Å². The maximum Gasteiger partial charge on any atom is 0.220 e. The number of hydrogen-bond donors (Lipinski definition) is 6. The lowest BCUT2D eigenvalue weighted by molar-refractivity contribution is -0.655. The molecule has 0 aliphatic carbocycles. The Kier molecular flexibility index (Phi) is 8.37. The molecule has 6 rings (SSSR count). The van der Waals surface area contributed by atoms with E-state index in [1.807, 2.05) is 30.3 Å². The highest BCUT2D eigenvalue weighted by Crippen LogP contribution is 2.34. The zero-order chi connectivity index (χ0) is 32.0. The Balaban J connectivity index is 1.38. The number of anilines is 2. The van der Waals surface area contributed by atoms with Crippen molar-refractivity contribution in [3.8, 4) is 11.3 Å². The van der Waals surface area contributed by atoms with Crippen molar-refractivity contribution < 1.29 is 4.57 Å². The van der Waals surface area contributed by atoms with Crippen LogP contribution in [0.15, 0.2) is 136 Å². The number of benzene rings is 5. The largest absolute Gasteiger partial charge is 0.384 e. The van der Waals surface area contributed by atoms with Crippen LogP contribution in [0.4, 0.5) is 22.7 Å². The molecular weight excluding hydrogens is 574 g/mol. The lowest BCUT2D eigenvalue weighted by Crippen LogP contribution is -2.36. The maximum atomic E-state index is 7.66. The number of nitrogens with zero attached hydrogens (tertiary/aromatic N) is 5. The van der Waals surface area contributed by atoms with Crippen molar-refractivity contribution in [2.45, 2.75) is 13.5 Å². The first-order valence-corrected chi connectivity index (χ1v) is 14.6. The number of pyridine rings is 1. The summed E-state index contributed by atoms with van der Waals surface area (Å²) in [5.41, 5.74) is 24.5. The fourth-order valence-electron chi connectivity index (χ4n) is 5.35.